The molecule has 3 heterocycles. The van der Waals surface area contributed by atoms with E-state index in [2.05, 4.69) is 0 Å². The number of esters is 2. The van der Waals surface area contributed by atoms with Crippen molar-refractivity contribution in [1.29, 1.82) is 0 Å². The lowest BCUT2D eigenvalue weighted by molar-refractivity contribution is -0.329. The second kappa shape index (κ2) is 6.94. The summed E-state index contributed by atoms with van der Waals surface area (Å²) in [7, 11) is 2.43. The predicted molar refractivity (Wildman–Crippen MR) is 127 cm³/mol. The molecule has 39 heavy (non-hydrogen) atoms. The minimum absolute atomic E-state index is 0.117. The number of hydrogen-bond donors (Lipinski definition) is 3. The molecule has 2 saturated heterocycles. The highest BCUT2D eigenvalue weighted by Crippen LogP contribution is 2.87. The van der Waals surface area contributed by atoms with Crippen molar-refractivity contribution in [3.05, 3.63) is 24.2 Å². The van der Waals surface area contributed by atoms with Crippen LogP contribution in [0.4, 0.5) is 0 Å². The van der Waals surface area contributed by atoms with Crippen molar-refractivity contribution in [2.45, 2.75) is 81.3 Å². The van der Waals surface area contributed by atoms with Crippen LogP contribution in [-0.2, 0) is 33.3 Å². The number of ketones is 1. The molecule has 7 rings (SSSR count). The van der Waals surface area contributed by atoms with Crippen LogP contribution in [0.15, 0.2) is 23.0 Å². The summed E-state index contributed by atoms with van der Waals surface area (Å²) < 4.78 is 28.8. The van der Waals surface area contributed by atoms with Gasteiger partial charge in [-0.3, -0.25) is 9.59 Å². The van der Waals surface area contributed by atoms with Gasteiger partial charge in [0.15, 0.2) is 11.9 Å². The number of ether oxygens (including phenoxy) is 4. The molecule has 3 N–H and O–H groups in total. The Kier molecular flexibility index (Phi) is 4.56. The lowest BCUT2D eigenvalue weighted by Gasteiger charge is -2.63. The molecule has 1 spiro atoms. The van der Waals surface area contributed by atoms with Gasteiger partial charge in [0, 0.05) is 34.8 Å². The van der Waals surface area contributed by atoms with E-state index in [1.165, 1.54) is 19.6 Å². The summed E-state index contributed by atoms with van der Waals surface area (Å²) in [5.41, 5.74) is -8.71. The highest BCUT2D eigenvalue weighted by Gasteiger charge is 2.99. The Morgan fingerprint density at radius 3 is 2.51 bits per heavy atom. The van der Waals surface area contributed by atoms with Crippen molar-refractivity contribution in [2.75, 3.05) is 14.2 Å². The maximum Gasteiger partial charge on any atom is 0.335 e. The number of Topliss-reactive ketones (excluding diaryl/α,β-unsaturated/α-hetero) is 1. The Labute approximate surface area is 224 Å². The molecule has 0 amide bonds. The minimum atomic E-state index is -2.14. The van der Waals surface area contributed by atoms with Gasteiger partial charge in [0.05, 0.1) is 37.6 Å². The molecule has 212 valence electrons. The van der Waals surface area contributed by atoms with Gasteiger partial charge in [0.25, 0.3) is 0 Å². The maximum absolute atomic E-state index is 14.6. The molecule has 0 unspecified atom stereocenters. The Morgan fingerprint density at radius 1 is 1.18 bits per heavy atom. The third kappa shape index (κ3) is 2.20. The molecule has 4 aliphatic carbocycles. The largest absolute Gasteiger partial charge is 0.472 e. The van der Waals surface area contributed by atoms with Crippen LogP contribution in [0.25, 0.3) is 0 Å². The van der Waals surface area contributed by atoms with Crippen molar-refractivity contribution >= 4 is 17.7 Å². The zero-order valence-corrected chi connectivity index (χ0v) is 22.6. The van der Waals surface area contributed by atoms with E-state index in [1.807, 2.05) is 6.92 Å². The van der Waals surface area contributed by atoms with Crippen LogP contribution >= 0.6 is 0 Å². The fourth-order valence-electron chi connectivity index (χ4n) is 11.1. The van der Waals surface area contributed by atoms with E-state index in [0.29, 0.717) is 18.4 Å². The molecule has 0 radical (unpaired) electrons. The second-order valence-corrected chi connectivity index (χ2v) is 13.2. The summed E-state index contributed by atoms with van der Waals surface area (Å²) in [6.45, 7) is 5.21. The Balaban J connectivity index is 1.54. The Bertz CT molecular complexity index is 1310. The number of aliphatic hydroxyl groups is 3. The zero-order chi connectivity index (χ0) is 28.2. The first-order valence-corrected chi connectivity index (χ1v) is 13.4. The number of furan rings is 1. The van der Waals surface area contributed by atoms with Crippen molar-refractivity contribution in [3.8, 4) is 0 Å². The molecular formula is C28H34O11. The lowest BCUT2D eigenvalue weighted by Crippen LogP contribution is -2.73. The van der Waals surface area contributed by atoms with Gasteiger partial charge in [-0.1, -0.05) is 20.8 Å². The van der Waals surface area contributed by atoms with Crippen LogP contribution < -0.4 is 0 Å². The maximum atomic E-state index is 14.6. The minimum Gasteiger partial charge on any atom is -0.472 e. The van der Waals surface area contributed by atoms with Gasteiger partial charge in [-0.15, -0.1) is 0 Å². The number of rotatable bonds is 4. The number of cyclic esters (lactones) is 1. The third-order valence-electron chi connectivity index (χ3n) is 12.3. The van der Waals surface area contributed by atoms with E-state index in [1.54, 1.807) is 19.9 Å². The second-order valence-electron chi connectivity index (χ2n) is 13.2. The Morgan fingerprint density at radius 2 is 1.90 bits per heavy atom. The van der Waals surface area contributed by atoms with Crippen molar-refractivity contribution < 1.29 is 53.1 Å². The van der Waals surface area contributed by atoms with Crippen molar-refractivity contribution in [2.24, 2.45) is 34.0 Å². The van der Waals surface area contributed by atoms with Crippen LogP contribution in [0.5, 0.6) is 0 Å². The average molecular weight is 547 g/mol. The predicted octanol–water partition coefficient (Wildman–Crippen LogP) is 1.04. The highest BCUT2D eigenvalue weighted by atomic mass is 16.7. The van der Waals surface area contributed by atoms with Crippen molar-refractivity contribution in [1.82, 2.24) is 0 Å². The van der Waals surface area contributed by atoms with Gasteiger partial charge >= 0.3 is 11.9 Å². The number of carbonyl (C=O) groups excluding carboxylic acids is 3. The first kappa shape index (κ1) is 25.6. The summed E-state index contributed by atoms with van der Waals surface area (Å²) >= 11 is 0. The van der Waals surface area contributed by atoms with Gasteiger partial charge in [0.2, 0.25) is 5.79 Å². The van der Waals surface area contributed by atoms with Gasteiger partial charge in [-0.05, 0) is 31.2 Å². The highest BCUT2D eigenvalue weighted by molar-refractivity contribution is 5.97. The smallest absolute Gasteiger partial charge is 0.335 e. The fourth-order valence-corrected chi connectivity index (χ4v) is 11.1. The molecule has 2 aliphatic heterocycles. The number of fused-ring (bicyclic) bond motifs is 2. The summed E-state index contributed by atoms with van der Waals surface area (Å²) in [6, 6.07) is 1.69. The molecule has 0 aromatic carbocycles. The van der Waals surface area contributed by atoms with E-state index in [4.69, 9.17) is 23.4 Å². The third-order valence-corrected chi connectivity index (χ3v) is 12.3. The first-order chi connectivity index (χ1) is 18.2. The van der Waals surface area contributed by atoms with Gasteiger partial charge in [-0.2, -0.15) is 0 Å². The SMILES string of the molecule is COC(=O)[C@@H](O)[C@@H]1[C@@]2(C)[C@H]3CC[C@@]4(C)[C@H](c5ccoc5)OC(=O)C[C@@]45O[C@@]4(OC)C(=O)[C@]1(C)C[C@]2(O)[C@H]4[C@@]35O. The van der Waals surface area contributed by atoms with Crippen LogP contribution in [0.3, 0.4) is 0 Å². The van der Waals surface area contributed by atoms with Gasteiger partial charge < -0.3 is 38.7 Å². The first-order valence-electron chi connectivity index (χ1n) is 13.4. The summed E-state index contributed by atoms with van der Waals surface area (Å²) in [6.07, 6.45) is 0.562. The average Bonchev–Trinajstić information content (AvgIpc) is 3.56. The summed E-state index contributed by atoms with van der Waals surface area (Å²) in [5, 5.41) is 37.3. The van der Waals surface area contributed by atoms with E-state index >= 15 is 0 Å². The fraction of sp³-hybridized carbons (Fsp3) is 0.750. The summed E-state index contributed by atoms with van der Waals surface area (Å²) in [5.74, 6) is -7.45. The topological polar surface area (TPSA) is 162 Å². The molecule has 1 aromatic heterocycles. The van der Waals surface area contributed by atoms with Crippen molar-refractivity contribution in [3.63, 3.8) is 0 Å². The van der Waals surface area contributed by atoms with Crippen LogP contribution in [-0.4, -0.2) is 76.0 Å². The quantitative estimate of drug-likeness (QED) is 0.463. The van der Waals surface area contributed by atoms with Crippen LogP contribution in [0, 0.1) is 34.0 Å². The zero-order valence-electron chi connectivity index (χ0n) is 22.6. The molecule has 11 nitrogen and oxygen atoms in total. The number of carbonyl (C=O) groups is 3. The van der Waals surface area contributed by atoms with E-state index in [-0.39, 0.29) is 12.8 Å². The molecule has 6 fully saturated rings. The molecule has 2 bridgehead atoms. The van der Waals surface area contributed by atoms with E-state index in [9.17, 15) is 29.7 Å². The van der Waals surface area contributed by atoms with Gasteiger partial charge in [0.1, 0.15) is 17.3 Å². The summed E-state index contributed by atoms with van der Waals surface area (Å²) in [4.78, 5) is 40.7. The van der Waals surface area contributed by atoms with E-state index in [0.717, 1.165) is 7.11 Å². The lowest BCUT2D eigenvalue weighted by atomic mass is 9.45. The van der Waals surface area contributed by atoms with Gasteiger partial charge in [-0.25, -0.2) is 4.79 Å². The molecule has 11 heteroatoms. The molecule has 6 aliphatic rings. The number of hydrogen-bond acceptors (Lipinski definition) is 11. The number of aliphatic hydroxyl groups excluding tert-OH is 1. The van der Waals surface area contributed by atoms with E-state index < -0.39 is 86.5 Å². The molecular weight excluding hydrogens is 512 g/mol. The Hall–Kier alpha value is -2.31. The monoisotopic (exact) mass is 546 g/mol. The standard InChI is InChI=1S/C28H34O11/c1-22-12-25(33)20-27(34)14(24(25,3)17(22)16(30)19(31)35-4)6-8-23(2)18(13-7-9-37-11-13)38-15(29)10-26(23,27)39-28(20,36-5)21(22)32/h7,9,11,14,16-18,20,30,33-34H,6,8,10,12H2,1-5H3/t14-,16+,17+,18+,20+,22-,23+,24-,25+,26-,27+,28-/m1/s1. The molecule has 12 atom stereocenters. The van der Waals surface area contributed by atoms with Crippen LogP contribution in [0.1, 0.15) is 58.1 Å². The normalized spacial score (nSPS) is 55.3. The van der Waals surface area contributed by atoms with Crippen LogP contribution in [0.2, 0.25) is 0 Å². The molecule has 1 aromatic rings. The molecule has 4 saturated carbocycles. The number of methoxy groups -OCH3 is 2.